The van der Waals surface area contributed by atoms with Crippen LogP contribution in [0.4, 0.5) is 43.2 Å². The van der Waals surface area contributed by atoms with Crippen LogP contribution in [-0.2, 0) is 71.1 Å². The number of amides is 3. The quantitative estimate of drug-likeness (QED) is 0.0376. The fourth-order valence-corrected chi connectivity index (χ4v) is 13.1. The van der Waals surface area contributed by atoms with Gasteiger partial charge in [-0.3, -0.25) is 4.90 Å². The van der Waals surface area contributed by atoms with Crippen molar-refractivity contribution in [1.82, 2.24) is 20.9 Å². The Morgan fingerprint density at radius 1 is 0.226 bits per heavy atom. The van der Waals surface area contributed by atoms with Crippen molar-refractivity contribution < 1.29 is 114 Å². The summed E-state index contributed by atoms with van der Waals surface area (Å²) in [5.41, 5.74) is -3.78. The van der Waals surface area contributed by atoms with E-state index < -0.39 is 108 Å². The van der Waals surface area contributed by atoms with Crippen molar-refractivity contribution in [3.8, 4) is 0 Å². The molecule has 0 aromatic heterocycles. The Hall–Kier alpha value is -6.61. The highest BCUT2D eigenvalue weighted by atomic mass is 16.8. The van der Waals surface area contributed by atoms with E-state index in [0.717, 1.165) is 0 Å². The molecule has 0 bridgehead atoms. The van der Waals surface area contributed by atoms with Gasteiger partial charge in [-0.2, -0.15) is 0 Å². The zero-order valence-electron chi connectivity index (χ0n) is 76.4. The number of nitrogens with one attached hydrogen (secondary N) is 3. The third kappa shape index (κ3) is 55.7. The van der Waals surface area contributed by atoms with Crippen LogP contribution in [0.15, 0.2) is 0 Å². The smallest absolute Gasteiger partial charge is 0.449 e. The van der Waals surface area contributed by atoms with Crippen LogP contribution in [0.5, 0.6) is 0 Å². The Balaban J connectivity index is 7.34. The normalized spacial score (nSPS) is 12.4. The minimum atomic E-state index is -1.26. The molecule has 674 valence electrons. The van der Waals surface area contributed by atoms with Gasteiger partial charge in [-0.15, -0.1) is 0 Å². The molecule has 28 heteroatoms. The predicted molar refractivity (Wildman–Crippen MR) is 443 cm³/mol. The maximum absolute atomic E-state index is 13.9. The molecule has 0 fully saturated rings. The summed E-state index contributed by atoms with van der Waals surface area (Å²) in [5.74, 6) is 2.76. The SMILES string of the molecule is CCC(COC(=O)NCCN(CCNC(=O)OCC(CC)(COC(=O)OC(CC(C)C)CC(C)C)COC(=O)OC(CC(C)C)CC(C)C)CCNC(=O)OCC(CC)(COC(=O)OC(CC(C)C)CC(C)C)COC(=O)OC(CC(C)C)CC(C)C)(COC(=O)OC(CC(C)C)CC(C)C)COC(=O)OC(CC(C)C)CC(C)C. The molecule has 0 saturated carbocycles. The van der Waals surface area contributed by atoms with Crippen molar-refractivity contribution in [1.29, 1.82) is 0 Å². The molecular weight excluding hydrogens is 1480 g/mol. The van der Waals surface area contributed by atoms with E-state index >= 15 is 0 Å². The molecule has 0 aliphatic rings. The zero-order chi connectivity index (χ0) is 87.6. The van der Waals surface area contributed by atoms with Crippen LogP contribution in [0.1, 0.15) is 283 Å². The molecule has 0 saturated heterocycles. The standard InChI is InChI=1S/C87H162N4O24/c1-28-85(52-104-79(95)110-70(37-58(4)5)38-59(6)7,53-105-80(96)111-71(39-60(8)9)40-61(10)11)49-101-76(92)88-31-34-91(35-32-89-77(93)102-50-86(29-2,54-106-81(97)112-72(41-62(12)13)42-63(14)15)55-107-82(98)113-73(43-64(16)17)44-65(18)19)36-33-90-78(94)103-51-87(30-3,56-108-83(99)114-74(45-66(20)21)46-67(22)23)57-109-84(100)115-75(47-68(24)25)48-69(26)27/h58-75H,28-57H2,1-27H3,(H,88,92)(H,89,93)(H,90,94). The molecule has 0 spiro atoms. The van der Waals surface area contributed by atoms with Crippen LogP contribution in [-0.4, -0.2) is 195 Å². The van der Waals surface area contributed by atoms with Gasteiger partial charge in [0.2, 0.25) is 0 Å². The Morgan fingerprint density at radius 3 is 0.478 bits per heavy atom. The highest BCUT2D eigenvalue weighted by Crippen LogP contribution is 2.31. The topological polar surface area (TPSA) is 331 Å². The summed E-state index contributed by atoms with van der Waals surface area (Å²) in [5, 5.41) is 8.29. The number of alkyl carbamates (subject to hydrolysis) is 3. The van der Waals surface area contributed by atoms with Crippen LogP contribution in [0.2, 0.25) is 0 Å². The van der Waals surface area contributed by atoms with E-state index in [2.05, 4.69) is 16.0 Å². The predicted octanol–water partition coefficient (Wildman–Crippen LogP) is 20.3. The number of rotatable bonds is 60. The molecular formula is C87H162N4O24. The van der Waals surface area contributed by atoms with Crippen molar-refractivity contribution in [3.05, 3.63) is 0 Å². The lowest BCUT2D eigenvalue weighted by Crippen LogP contribution is -2.45. The maximum Gasteiger partial charge on any atom is 0.508 e. The maximum atomic E-state index is 13.9. The van der Waals surface area contributed by atoms with Gasteiger partial charge in [-0.1, -0.05) is 187 Å². The minimum absolute atomic E-state index is 0.0524. The van der Waals surface area contributed by atoms with Crippen LogP contribution in [0.3, 0.4) is 0 Å². The first-order valence-corrected chi connectivity index (χ1v) is 43.2. The van der Waals surface area contributed by atoms with E-state index in [1.54, 1.807) is 20.8 Å². The van der Waals surface area contributed by atoms with Gasteiger partial charge in [-0.25, -0.2) is 43.2 Å². The van der Waals surface area contributed by atoms with E-state index in [0.29, 0.717) is 77.0 Å². The summed E-state index contributed by atoms with van der Waals surface area (Å²) >= 11 is 0. The third-order valence-electron chi connectivity index (χ3n) is 19.2. The summed E-state index contributed by atoms with van der Waals surface area (Å²) < 4.78 is 87.0. The molecule has 3 N–H and O–H groups in total. The van der Waals surface area contributed by atoms with Gasteiger partial charge in [0.15, 0.2) is 0 Å². The highest BCUT2D eigenvalue weighted by Gasteiger charge is 2.40. The van der Waals surface area contributed by atoms with Crippen LogP contribution in [0.25, 0.3) is 0 Å². The molecule has 0 aliphatic heterocycles. The second kappa shape index (κ2) is 59.1. The lowest BCUT2D eigenvalue weighted by atomic mass is 9.88. The Bertz CT molecular complexity index is 2220. The van der Waals surface area contributed by atoms with E-state index in [-0.39, 0.29) is 189 Å². The van der Waals surface area contributed by atoms with Crippen molar-refractivity contribution in [3.63, 3.8) is 0 Å². The van der Waals surface area contributed by atoms with Crippen molar-refractivity contribution >= 4 is 55.2 Å². The molecule has 0 atom stereocenters. The number of carbonyl (C=O) groups is 9. The van der Waals surface area contributed by atoms with Crippen LogP contribution < -0.4 is 16.0 Å². The summed E-state index contributed by atoms with van der Waals surface area (Å²) in [4.78, 5) is 124. The molecule has 0 heterocycles. The summed E-state index contributed by atoms with van der Waals surface area (Å²) in [7, 11) is 0. The molecule has 0 unspecified atom stereocenters. The average molecular weight is 1650 g/mol. The first-order valence-electron chi connectivity index (χ1n) is 43.2. The Labute approximate surface area is 693 Å². The summed E-state index contributed by atoms with van der Waals surface area (Å²) in [6.45, 7) is 51.1. The Kier molecular flexibility index (Phi) is 55.7. The van der Waals surface area contributed by atoms with Gasteiger partial charge in [0.05, 0.1) is 16.2 Å². The number of hydrogen-bond donors (Lipinski definition) is 3. The number of carbonyl (C=O) groups excluding carboxylic acids is 9. The van der Waals surface area contributed by atoms with Crippen LogP contribution in [0, 0.1) is 87.3 Å². The second-order valence-corrected chi connectivity index (χ2v) is 37.1. The first kappa shape index (κ1) is 108. The van der Waals surface area contributed by atoms with Gasteiger partial charge in [0.25, 0.3) is 0 Å². The van der Waals surface area contributed by atoms with Gasteiger partial charge in [0, 0.05) is 39.3 Å². The minimum Gasteiger partial charge on any atom is -0.449 e. The largest absolute Gasteiger partial charge is 0.508 e. The summed E-state index contributed by atoms with van der Waals surface area (Å²) in [6.07, 6.45) is -2.64. The van der Waals surface area contributed by atoms with Gasteiger partial charge in [-0.05, 0) is 167 Å². The fraction of sp³-hybridized carbons (Fsp3) is 0.897. The average Bonchev–Trinajstić information content (AvgIpc) is 0.866. The first-order chi connectivity index (χ1) is 53.7. The highest BCUT2D eigenvalue weighted by molar-refractivity contribution is 5.68. The van der Waals surface area contributed by atoms with E-state index in [1.807, 2.05) is 171 Å². The van der Waals surface area contributed by atoms with Crippen LogP contribution >= 0.6 is 0 Å². The van der Waals surface area contributed by atoms with E-state index in [9.17, 15) is 43.2 Å². The molecule has 3 amide bonds. The van der Waals surface area contributed by atoms with Crippen molar-refractivity contribution in [2.75, 3.05) is 98.7 Å². The molecule has 0 aromatic rings. The van der Waals surface area contributed by atoms with E-state index in [1.165, 1.54) is 0 Å². The Morgan fingerprint density at radius 2 is 0.357 bits per heavy atom. The van der Waals surface area contributed by atoms with Gasteiger partial charge < -0.3 is 87.0 Å². The molecule has 0 aliphatic carbocycles. The number of ether oxygens (including phenoxy) is 15. The lowest BCUT2D eigenvalue weighted by molar-refractivity contribution is -0.0620. The van der Waals surface area contributed by atoms with Gasteiger partial charge >= 0.3 is 55.2 Å². The lowest BCUT2D eigenvalue weighted by Gasteiger charge is -2.32. The number of nitrogens with zero attached hydrogens (tertiary/aromatic N) is 1. The molecule has 0 radical (unpaired) electrons. The zero-order valence-corrected chi connectivity index (χ0v) is 76.4. The van der Waals surface area contributed by atoms with Crippen molar-refractivity contribution in [2.24, 2.45) is 87.3 Å². The van der Waals surface area contributed by atoms with E-state index in [4.69, 9.17) is 71.1 Å². The second-order valence-electron chi connectivity index (χ2n) is 37.1. The molecule has 0 rings (SSSR count). The summed E-state index contributed by atoms with van der Waals surface area (Å²) in [6, 6.07) is 0. The fourth-order valence-electron chi connectivity index (χ4n) is 13.1. The number of hydrogen-bond acceptors (Lipinski definition) is 25. The molecule has 28 nitrogen and oxygen atoms in total. The monoisotopic (exact) mass is 1650 g/mol. The third-order valence-corrected chi connectivity index (χ3v) is 19.2. The molecule has 0 aromatic carbocycles. The molecule has 115 heavy (non-hydrogen) atoms. The van der Waals surface area contributed by atoms with Gasteiger partial charge in [0.1, 0.15) is 96.1 Å². The van der Waals surface area contributed by atoms with Crippen molar-refractivity contribution in [2.45, 2.75) is 320 Å².